The van der Waals surface area contributed by atoms with Crippen LogP contribution in [0, 0.1) is 0 Å². The van der Waals surface area contributed by atoms with Crippen molar-refractivity contribution in [1.82, 2.24) is 20.1 Å². The van der Waals surface area contributed by atoms with Crippen LogP contribution in [0.15, 0.2) is 29.5 Å². The summed E-state index contributed by atoms with van der Waals surface area (Å²) in [5.74, 6) is 1.79. The van der Waals surface area contributed by atoms with Crippen molar-refractivity contribution in [3.8, 4) is 5.75 Å². The van der Waals surface area contributed by atoms with E-state index in [4.69, 9.17) is 4.74 Å². The van der Waals surface area contributed by atoms with Crippen molar-refractivity contribution < 1.29 is 4.74 Å². The fourth-order valence-electron chi connectivity index (χ4n) is 3.44. The molecule has 0 amide bonds. The molecule has 1 atom stereocenters. The molecule has 1 unspecified atom stereocenters. The second-order valence-electron chi connectivity index (χ2n) is 6.14. The van der Waals surface area contributed by atoms with Gasteiger partial charge in [-0.15, -0.1) is 24.0 Å². The Labute approximate surface area is 161 Å². The number of hydrogen-bond donors (Lipinski definition) is 1. The first kappa shape index (κ1) is 19.2. The third-order valence-electron chi connectivity index (χ3n) is 4.62. The number of halogens is 1. The molecule has 0 aromatic carbocycles. The lowest BCUT2D eigenvalue weighted by atomic mass is 10.2. The second-order valence-corrected chi connectivity index (χ2v) is 6.14. The highest BCUT2D eigenvalue weighted by Crippen LogP contribution is 2.20. The molecule has 6 nitrogen and oxygen atoms in total. The summed E-state index contributed by atoms with van der Waals surface area (Å²) < 4.78 is 5.66. The van der Waals surface area contributed by atoms with Crippen LogP contribution in [-0.2, 0) is 0 Å². The average molecular weight is 445 g/mol. The van der Waals surface area contributed by atoms with Gasteiger partial charge in [-0.2, -0.15) is 0 Å². The van der Waals surface area contributed by atoms with E-state index in [0.717, 1.165) is 31.3 Å². The number of nitrogens with zero attached hydrogens (tertiary/aromatic N) is 4. The molecule has 2 fully saturated rings. The lowest BCUT2D eigenvalue weighted by Gasteiger charge is -2.25. The molecule has 0 bridgehead atoms. The molecule has 24 heavy (non-hydrogen) atoms. The Bertz CT molecular complexity index is 507. The van der Waals surface area contributed by atoms with Gasteiger partial charge >= 0.3 is 0 Å². The molecule has 3 heterocycles. The van der Waals surface area contributed by atoms with Gasteiger partial charge in [-0.3, -0.25) is 14.9 Å². The summed E-state index contributed by atoms with van der Waals surface area (Å²) in [6.07, 6.45) is 7.43. The van der Waals surface area contributed by atoms with Gasteiger partial charge in [0.25, 0.3) is 0 Å². The summed E-state index contributed by atoms with van der Waals surface area (Å²) >= 11 is 0. The van der Waals surface area contributed by atoms with Crippen LogP contribution < -0.4 is 10.1 Å². The molecule has 0 spiro atoms. The van der Waals surface area contributed by atoms with Gasteiger partial charge < -0.3 is 15.0 Å². The molecule has 0 saturated carbocycles. The Morgan fingerprint density at radius 1 is 1.38 bits per heavy atom. The SMILES string of the molecule is CN=C(NCCOc1cccnc1)N1CCC(N2CCCC2)C1.I. The lowest BCUT2D eigenvalue weighted by Crippen LogP contribution is -2.43. The zero-order valence-corrected chi connectivity index (χ0v) is 16.7. The number of hydrogen-bond acceptors (Lipinski definition) is 4. The largest absolute Gasteiger partial charge is 0.490 e. The van der Waals surface area contributed by atoms with E-state index in [-0.39, 0.29) is 24.0 Å². The zero-order valence-electron chi connectivity index (χ0n) is 14.4. The Kier molecular flexibility index (Phi) is 8.04. The number of ether oxygens (including phenoxy) is 1. The summed E-state index contributed by atoms with van der Waals surface area (Å²) in [5, 5.41) is 3.40. The van der Waals surface area contributed by atoms with Gasteiger partial charge in [0, 0.05) is 32.4 Å². The van der Waals surface area contributed by atoms with Gasteiger partial charge in [0.1, 0.15) is 12.4 Å². The van der Waals surface area contributed by atoms with E-state index in [1.54, 1.807) is 12.4 Å². The minimum atomic E-state index is 0. The van der Waals surface area contributed by atoms with Gasteiger partial charge in [0.05, 0.1) is 12.7 Å². The van der Waals surface area contributed by atoms with Crippen LogP contribution in [-0.4, -0.2) is 73.2 Å². The number of rotatable bonds is 5. The average Bonchev–Trinajstić information content (AvgIpc) is 3.27. The molecule has 7 heteroatoms. The number of aromatic nitrogens is 1. The van der Waals surface area contributed by atoms with Gasteiger partial charge in [-0.25, -0.2) is 0 Å². The molecule has 2 aliphatic rings. The molecule has 1 N–H and O–H groups in total. The first-order valence-corrected chi connectivity index (χ1v) is 8.59. The molecular weight excluding hydrogens is 417 g/mol. The summed E-state index contributed by atoms with van der Waals surface area (Å²) in [5.41, 5.74) is 0. The van der Waals surface area contributed by atoms with Gasteiger partial charge in [0.2, 0.25) is 0 Å². The highest BCUT2D eigenvalue weighted by atomic mass is 127. The summed E-state index contributed by atoms with van der Waals surface area (Å²) in [7, 11) is 1.85. The van der Waals surface area contributed by atoms with Crippen molar-refractivity contribution in [3.05, 3.63) is 24.5 Å². The summed E-state index contributed by atoms with van der Waals surface area (Å²) in [4.78, 5) is 13.5. The van der Waals surface area contributed by atoms with Crippen molar-refractivity contribution in [1.29, 1.82) is 0 Å². The Morgan fingerprint density at radius 3 is 2.92 bits per heavy atom. The van der Waals surface area contributed by atoms with Gasteiger partial charge in [-0.1, -0.05) is 0 Å². The molecule has 1 aromatic rings. The third kappa shape index (κ3) is 5.20. The number of likely N-dealkylation sites (tertiary alicyclic amines) is 2. The maximum atomic E-state index is 5.66. The van der Waals surface area contributed by atoms with E-state index in [0.29, 0.717) is 12.6 Å². The van der Waals surface area contributed by atoms with E-state index >= 15 is 0 Å². The highest BCUT2D eigenvalue weighted by Gasteiger charge is 2.30. The third-order valence-corrected chi connectivity index (χ3v) is 4.62. The normalized spacial score (nSPS) is 21.6. The van der Waals surface area contributed by atoms with E-state index in [2.05, 4.69) is 25.1 Å². The topological polar surface area (TPSA) is 53.0 Å². The number of pyridine rings is 1. The Balaban J connectivity index is 0.00000208. The fraction of sp³-hybridized carbons (Fsp3) is 0.647. The van der Waals surface area contributed by atoms with E-state index < -0.39 is 0 Å². The predicted octanol–water partition coefficient (Wildman–Crippen LogP) is 1.82. The molecule has 3 rings (SSSR count). The van der Waals surface area contributed by atoms with Crippen LogP contribution in [0.25, 0.3) is 0 Å². The highest BCUT2D eigenvalue weighted by molar-refractivity contribution is 14.0. The van der Waals surface area contributed by atoms with E-state index in [9.17, 15) is 0 Å². The van der Waals surface area contributed by atoms with E-state index in [1.165, 1.54) is 32.4 Å². The van der Waals surface area contributed by atoms with E-state index in [1.807, 2.05) is 19.2 Å². The molecule has 2 saturated heterocycles. The van der Waals surface area contributed by atoms with Gasteiger partial charge in [-0.05, 0) is 44.5 Å². The van der Waals surface area contributed by atoms with Crippen molar-refractivity contribution in [3.63, 3.8) is 0 Å². The number of guanidine groups is 1. The Hall–Kier alpha value is -1.09. The molecule has 0 radical (unpaired) electrons. The standard InChI is InChI=1S/C17H27N5O.HI/c1-18-17(20-8-12-23-16-5-4-7-19-13-16)22-11-6-15(14-22)21-9-2-3-10-21;/h4-5,7,13,15H,2-3,6,8-12,14H2,1H3,(H,18,20);1H. The molecule has 0 aliphatic carbocycles. The fourth-order valence-corrected chi connectivity index (χ4v) is 3.44. The predicted molar refractivity (Wildman–Crippen MR) is 107 cm³/mol. The number of aliphatic imine (C=N–C) groups is 1. The minimum Gasteiger partial charge on any atom is -0.490 e. The molecule has 1 aromatic heterocycles. The van der Waals surface area contributed by atoms with Crippen LogP contribution in [0.4, 0.5) is 0 Å². The zero-order chi connectivity index (χ0) is 15.9. The van der Waals surface area contributed by atoms with Crippen molar-refractivity contribution in [2.45, 2.75) is 25.3 Å². The van der Waals surface area contributed by atoms with Crippen LogP contribution in [0.5, 0.6) is 5.75 Å². The maximum Gasteiger partial charge on any atom is 0.193 e. The molecule has 134 valence electrons. The first-order chi connectivity index (χ1) is 11.4. The van der Waals surface area contributed by atoms with Crippen LogP contribution in [0.1, 0.15) is 19.3 Å². The lowest BCUT2D eigenvalue weighted by molar-refractivity contribution is 0.249. The monoisotopic (exact) mass is 445 g/mol. The van der Waals surface area contributed by atoms with Crippen molar-refractivity contribution in [2.24, 2.45) is 4.99 Å². The Morgan fingerprint density at radius 2 is 2.21 bits per heavy atom. The maximum absolute atomic E-state index is 5.66. The summed E-state index contributed by atoms with van der Waals surface area (Å²) in [6.45, 7) is 6.06. The van der Waals surface area contributed by atoms with Crippen molar-refractivity contribution in [2.75, 3.05) is 46.4 Å². The second kappa shape index (κ2) is 10.0. The first-order valence-electron chi connectivity index (χ1n) is 8.59. The van der Waals surface area contributed by atoms with Gasteiger partial charge in [0.15, 0.2) is 5.96 Å². The van der Waals surface area contributed by atoms with Crippen molar-refractivity contribution >= 4 is 29.9 Å². The number of nitrogens with one attached hydrogen (secondary N) is 1. The molecule has 2 aliphatic heterocycles. The summed E-state index contributed by atoms with van der Waals surface area (Å²) in [6, 6.07) is 4.50. The molecular formula is C17H28IN5O. The van der Waals surface area contributed by atoms with Crippen LogP contribution in [0.3, 0.4) is 0 Å². The quantitative estimate of drug-likeness (QED) is 0.325. The van der Waals surface area contributed by atoms with Crippen LogP contribution in [0.2, 0.25) is 0 Å². The smallest absolute Gasteiger partial charge is 0.193 e. The minimum absolute atomic E-state index is 0. The van der Waals surface area contributed by atoms with Crippen LogP contribution >= 0.6 is 24.0 Å².